The maximum atomic E-state index is 15.1. The average molecular weight is 945 g/mol. The second-order valence-electron chi connectivity index (χ2n) is 21.3. The number of fused-ring (bicyclic) bond motifs is 2. The van der Waals surface area contributed by atoms with Crippen molar-refractivity contribution in [1.29, 1.82) is 0 Å². The van der Waals surface area contributed by atoms with Gasteiger partial charge in [-0.25, -0.2) is 0 Å². The van der Waals surface area contributed by atoms with Crippen molar-refractivity contribution in [3.05, 3.63) is 267 Å². The Labute approximate surface area is 425 Å². The molecule has 1 nitrogen and oxygen atoms in total. The first kappa shape index (κ1) is 48.2. The van der Waals surface area contributed by atoms with Crippen molar-refractivity contribution >= 4 is 40.6 Å². The molecule has 1 aliphatic rings. The number of rotatable bonds is 13. The monoisotopic (exact) mass is 945 g/mol. The third-order valence-corrected chi connectivity index (χ3v) is 18.8. The topological polar surface area (TPSA) is 17.1 Å². The van der Waals surface area contributed by atoms with Crippen molar-refractivity contribution in [2.24, 2.45) is 0 Å². The van der Waals surface area contributed by atoms with Crippen LogP contribution in [0.3, 0.4) is 0 Å². The minimum Gasteiger partial charge on any atom is -0.300 e. The highest BCUT2D eigenvalue weighted by Gasteiger charge is 2.45. The summed E-state index contributed by atoms with van der Waals surface area (Å²) in [4.78, 5) is 15.1. The molecule has 2 heteroatoms. The van der Waals surface area contributed by atoms with Gasteiger partial charge in [0.05, 0.1) is 0 Å². The lowest BCUT2D eigenvalue weighted by molar-refractivity contribution is -0.119. The zero-order valence-corrected chi connectivity index (χ0v) is 43.8. The van der Waals surface area contributed by atoms with Crippen molar-refractivity contribution < 1.29 is 4.79 Å². The van der Waals surface area contributed by atoms with E-state index >= 15 is 4.79 Å². The minimum absolute atomic E-state index is 0.0520. The summed E-state index contributed by atoms with van der Waals surface area (Å²) in [7, 11) is -1.21. The summed E-state index contributed by atoms with van der Waals surface area (Å²) in [5.74, 6) is 1.39. The average Bonchev–Trinajstić information content (AvgIpc) is 3.39. The lowest BCUT2D eigenvalue weighted by Gasteiger charge is -2.44. The van der Waals surface area contributed by atoms with Gasteiger partial charge in [-0.2, -0.15) is 0 Å². The van der Waals surface area contributed by atoms with Crippen LogP contribution in [0.5, 0.6) is 0 Å². The molecule has 0 N–H and O–H groups in total. The molecule has 71 heavy (non-hydrogen) atoms. The van der Waals surface area contributed by atoms with Crippen LogP contribution in [-0.4, -0.2) is 5.78 Å². The van der Waals surface area contributed by atoms with Gasteiger partial charge in [-0.1, -0.05) is 264 Å². The van der Waals surface area contributed by atoms with Crippen LogP contribution < -0.4 is 5.30 Å². The van der Waals surface area contributed by atoms with Crippen LogP contribution in [-0.2, 0) is 4.79 Å². The Balaban J connectivity index is 1.43. The first-order chi connectivity index (χ1) is 34.5. The summed E-state index contributed by atoms with van der Waals surface area (Å²) in [6.45, 7) is 19.0. The summed E-state index contributed by atoms with van der Waals surface area (Å²) < 4.78 is 0. The number of Topliss-reactive ketones (excluding diaryl/α,β-unsaturated/α-hetero) is 1. The molecule has 4 atom stereocenters. The van der Waals surface area contributed by atoms with Gasteiger partial charge in [-0.3, -0.25) is 4.79 Å². The van der Waals surface area contributed by atoms with Crippen LogP contribution in [0.1, 0.15) is 182 Å². The molecule has 0 amide bonds. The van der Waals surface area contributed by atoms with E-state index in [1.165, 1.54) is 93.6 Å². The molecule has 1 aliphatic heterocycles. The van der Waals surface area contributed by atoms with E-state index < -0.39 is 7.92 Å². The second-order valence-corrected chi connectivity index (χ2v) is 23.8. The standard InChI is InChI=1S/C69H69OP/c1-44(2)53-34-21-35-54(45(3)4)67(53)65(50-26-11-9-12-27-50)61-40-23-41-62(66(51-28-13-10-14-29-51)68-55(46(5)6)36-22-37-56(68)47(7)8)69(61)71-63(59-38-19-30-48-24-15-17-32-57(48)59)42-52(70)43-64(71)60-39-20-31-49-25-16-18-33-58(49)60/h9-41,44-47,63-66H,42-43H2,1-8H3. The number of carbonyl (C=O) groups is 1. The van der Waals surface area contributed by atoms with Crippen LogP contribution in [0.4, 0.5) is 0 Å². The maximum Gasteiger partial charge on any atom is 0.134 e. The van der Waals surface area contributed by atoms with Crippen molar-refractivity contribution in [2.45, 2.75) is 115 Å². The van der Waals surface area contributed by atoms with Gasteiger partial charge in [0.1, 0.15) is 5.78 Å². The highest BCUT2D eigenvalue weighted by atomic mass is 31.1. The van der Waals surface area contributed by atoms with E-state index in [1.807, 2.05) is 0 Å². The molecule has 9 aromatic rings. The van der Waals surface area contributed by atoms with Crippen LogP contribution >= 0.6 is 7.92 Å². The van der Waals surface area contributed by atoms with E-state index in [9.17, 15) is 0 Å². The molecule has 0 aromatic heterocycles. The predicted octanol–water partition coefficient (Wildman–Crippen LogP) is 18.8. The van der Waals surface area contributed by atoms with Gasteiger partial charge in [-0.15, -0.1) is 0 Å². The third-order valence-electron chi connectivity index (χ3n) is 15.5. The van der Waals surface area contributed by atoms with Gasteiger partial charge < -0.3 is 0 Å². The normalized spacial score (nSPS) is 17.2. The van der Waals surface area contributed by atoms with Gasteiger partial charge in [0, 0.05) is 36.0 Å². The van der Waals surface area contributed by atoms with E-state index in [0.717, 1.165) is 0 Å². The van der Waals surface area contributed by atoms with Gasteiger partial charge >= 0.3 is 0 Å². The van der Waals surface area contributed by atoms with E-state index in [4.69, 9.17) is 0 Å². The quantitative estimate of drug-likeness (QED) is 0.0831. The molecule has 0 aliphatic carbocycles. The molecule has 0 radical (unpaired) electrons. The number of hydrogen-bond acceptors (Lipinski definition) is 1. The Morgan fingerprint density at radius 3 is 1.03 bits per heavy atom. The number of benzene rings is 9. The summed E-state index contributed by atoms with van der Waals surface area (Å²) in [5.41, 5.74) is 16.3. The maximum absolute atomic E-state index is 15.1. The first-order valence-electron chi connectivity index (χ1n) is 26.2. The molecular weight excluding hydrogens is 876 g/mol. The Morgan fingerprint density at radius 1 is 0.352 bits per heavy atom. The molecule has 1 heterocycles. The summed E-state index contributed by atoms with van der Waals surface area (Å²) in [5, 5.41) is 6.39. The summed E-state index contributed by atoms with van der Waals surface area (Å²) in [6, 6.07) is 75.9. The largest absolute Gasteiger partial charge is 0.300 e. The molecule has 356 valence electrons. The predicted molar refractivity (Wildman–Crippen MR) is 305 cm³/mol. The highest BCUT2D eigenvalue weighted by Crippen LogP contribution is 2.69. The van der Waals surface area contributed by atoms with Crippen LogP contribution in [0.15, 0.2) is 200 Å². The molecule has 1 saturated heterocycles. The van der Waals surface area contributed by atoms with Crippen molar-refractivity contribution in [3.8, 4) is 0 Å². The fourth-order valence-electron chi connectivity index (χ4n) is 12.4. The van der Waals surface area contributed by atoms with E-state index in [1.54, 1.807) is 0 Å². The lowest BCUT2D eigenvalue weighted by Crippen LogP contribution is -2.31. The Hall–Kier alpha value is -6.40. The van der Waals surface area contributed by atoms with Gasteiger partial charge in [0.2, 0.25) is 0 Å². The molecule has 1 fully saturated rings. The SMILES string of the molecule is CC(C)c1cccc(C(C)C)c1C(c1ccccc1)c1cccc(C(c2ccccc2)c2c(C(C)C)cccc2C(C)C)c1P1C(c2cccc3ccccc23)CC(=O)CC1c1cccc2ccccc12. The Kier molecular flexibility index (Phi) is 14.1. The third kappa shape index (κ3) is 9.24. The van der Waals surface area contributed by atoms with Crippen molar-refractivity contribution in [3.63, 3.8) is 0 Å². The lowest BCUT2D eigenvalue weighted by atomic mass is 9.73. The van der Waals surface area contributed by atoms with E-state index in [-0.39, 0.29) is 23.2 Å². The molecule has 0 saturated carbocycles. The van der Waals surface area contributed by atoms with Gasteiger partial charge in [0.25, 0.3) is 0 Å². The number of hydrogen-bond donors (Lipinski definition) is 0. The molecule has 9 aromatic carbocycles. The van der Waals surface area contributed by atoms with Gasteiger partial charge in [-0.05, 0) is 117 Å². The summed E-state index contributed by atoms with van der Waals surface area (Å²) in [6.07, 6.45) is 1.00. The molecule has 0 spiro atoms. The van der Waals surface area contributed by atoms with Crippen molar-refractivity contribution in [2.75, 3.05) is 0 Å². The fraction of sp³-hybridized carbons (Fsp3) is 0.261. The molecule has 0 bridgehead atoms. The number of carbonyl (C=O) groups excluding carboxylic acids is 1. The Bertz CT molecular complexity index is 3040. The smallest absolute Gasteiger partial charge is 0.134 e. The van der Waals surface area contributed by atoms with Crippen LogP contribution in [0.25, 0.3) is 21.5 Å². The highest BCUT2D eigenvalue weighted by molar-refractivity contribution is 7.66. The zero-order valence-electron chi connectivity index (χ0n) is 42.9. The van der Waals surface area contributed by atoms with Crippen LogP contribution in [0.2, 0.25) is 0 Å². The minimum atomic E-state index is -1.21. The van der Waals surface area contributed by atoms with Gasteiger partial charge in [0.15, 0.2) is 0 Å². The van der Waals surface area contributed by atoms with E-state index in [2.05, 4.69) is 256 Å². The molecule has 10 rings (SSSR count). The second kappa shape index (κ2) is 20.7. The first-order valence-corrected chi connectivity index (χ1v) is 27.7. The zero-order chi connectivity index (χ0) is 49.3. The van der Waals surface area contributed by atoms with E-state index in [0.29, 0.717) is 42.3 Å². The fourth-order valence-corrected chi connectivity index (χ4v) is 16.3. The summed E-state index contributed by atoms with van der Waals surface area (Å²) >= 11 is 0. The van der Waals surface area contributed by atoms with Crippen molar-refractivity contribution in [1.82, 2.24) is 0 Å². The number of ketones is 1. The molecule has 4 unspecified atom stereocenters. The van der Waals surface area contributed by atoms with Crippen LogP contribution in [0, 0.1) is 0 Å². The molecular formula is C69H69OP. The Morgan fingerprint density at radius 2 is 0.662 bits per heavy atom.